The van der Waals surface area contributed by atoms with Crippen molar-refractivity contribution in [3.05, 3.63) is 27.3 Å². The summed E-state index contributed by atoms with van der Waals surface area (Å²) in [5, 5.41) is 3.21. The van der Waals surface area contributed by atoms with Gasteiger partial charge < -0.3 is 20.7 Å². The van der Waals surface area contributed by atoms with E-state index in [0.717, 1.165) is 61.8 Å². The second-order valence-corrected chi connectivity index (χ2v) is 11.0. The Labute approximate surface area is 208 Å². The molecule has 0 saturated carbocycles. The smallest absolute Gasteiger partial charge is 0.341 e. The van der Waals surface area contributed by atoms with Crippen LogP contribution in [-0.2, 0) is 27.2 Å². The normalized spacial score (nSPS) is 21.5. The third-order valence-corrected chi connectivity index (χ3v) is 8.85. The highest BCUT2D eigenvalue weighted by atomic mass is 32.2. The molecule has 1 atom stereocenters. The molecule has 1 aliphatic carbocycles. The summed E-state index contributed by atoms with van der Waals surface area (Å²) in [5.74, 6) is -0.935. The molecular weight excluding hydrogens is 472 g/mol. The zero-order valence-electron chi connectivity index (χ0n) is 19.8. The van der Waals surface area contributed by atoms with Gasteiger partial charge in [0, 0.05) is 30.2 Å². The lowest BCUT2D eigenvalue weighted by molar-refractivity contribution is -0.125. The second-order valence-electron chi connectivity index (χ2n) is 8.76. The van der Waals surface area contributed by atoms with Gasteiger partial charge in [0.1, 0.15) is 15.3 Å². The highest BCUT2D eigenvalue weighted by Crippen LogP contribution is 2.40. The molecule has 10 heteroatoms. The molecule has 0 spiro atoms. The van der Waals surface area contributed by atoms with Crippen molar-refractivity contribution in [1.29, 1.82) is 0 Å². The van der Waals surface area contributed by atoms with Crippen LogP contribution in [0.25, 0.3) is 0 Å². The monoisotopic (exact) mass is 504 g/mol. The SMILES string of the molecule is CCCN=C1S[C@@H](C(=O)Nc2sc3c(c2C(=O)OC)CCCCC3)C(N)=C1C(=O)N1CCCC1. The minimum absolute atomic E-state index is 0.147. The van der Waals surface area contributed by atoms with Crippen LogP contribution in [0, 0.1) is 0 Å². The first-order chi connectivity index (χ1) is 16.5. The summed E-state index contributed by atoms with van der Waals surface area (Å²) in [6.07, 6.45) is 7.65. The molecule has 1 aromatic rings. The van der Waals surface area contributed by atoms with Gasteiger partial charge in [0.2, 0.25) is 5.91 Å². The summed E-state index contributed by atoms with van der Waals surface area (Å²) in [4.78, 5) is 46.7. The minimum Gasteiger partial charge on any atom is -0.465 e. The average molecular weight is 505 g/mol. The van der Waals surface area contributed by atoms with E-state index < -0.39 is 11.2 Å². The lowest BCUT2D eigenvalue weighted by atomic mass is 10.1. The quantitative estimate of drug-likeness (QED) is 0.453. The standard InChI is InChI=1S/C24H32N4O4S2/c1-3-11-26-21-17(23(30)28-12-7-8-13-28)18(25)19(34-21)20(29)27-22-16(24(31)32-2)14-9-5-4-6-10-15(14)33-22/h19H,3-13,25H2,1-2H3,(H,27,29)/t19-/m1/s1. The van der Waals surface area contributed by atoms with Crippen LogP contribution in [0.2, 0.25) is 0 Å². The molecule has 3 heterocycles. The molecule has 0 bridgehead atoms. The Morgan fingerprint density at radius 3 is 2.59 bits per heavy atom. The maximum absolute atomic E-state index is 13.4. The van der Waals surface area contributed by atoms with Gasteiger partial charge in [-0.25, -0.2) is 4.79 Å². The van der Waals surface area contributed by atoms with Gasteiger partial charge >= 0.3 is 5.97 Å². The molecular formula is C24H32N4O4S2. The van der Waals surface area contributed by atoms with Crippen molar-refractivity contribution in [1.82, 2.24) is 4.90 Å². The number of thiophene rings is 1. The number of aliphatic imine (C=N–C) groups is 1. The Morgan fingerprint density at radius 2 is 1.88 bits per heavy atom. The van der Waals surface area contributed by atoms with Gasteiger partial charge in [0.25, 0.3) is 5.91 Å². The molecule has 3 N–H and O–H groups in total. The Morgan fingerprint density at radius 1 is 1.15 bits per heavy atom. The first-order valence-electron chi connectivity index (χ1n) is 12.0. The maximum atomic E-state index is 13.4. The number of rotatable bonds is 6. The number of ether oxygens (including phenoxy) is 1. The fraction of sp³-hybridized carbons (Fsp3) is 0.583. The van der Waals surface area contributed by atoms with E-state index in [4.69, 9.17) is 10.5 Å². The predicted octanol–water partition coefficient (Wildman–Crippen LogP) is 3.50. The first-order valence-corrected chi connectivity index (χ1v) is 13.7. The number of thioether (sulfide) groups is 1. The van der Waals surface area contributed by atoms with E-state index in [-0.39, 0.29) is 17.5 Å². The van der Waals surface area contributed by atoms with Crippen molar-refractivity contribution in [2.45, 2.75) is 63.5 Å². The van der Waals surface area contributed by atoms with Crippen LogP contribution in [0.15, 0.2) is 16.3 Å². The molecule has 1 aromatic heterocycles. The van der Waals surface area contributed by atoms with E-state index >= 15 is 0 Å². The molecule has 4 rings (SSSR count). The number of nitrogens with two attached hydrogens (primary N) is 1. The summed E-state index contributed by atoms with van der Waals surface area (Å²) in [6.45, 7) is 3.96. The largest absolute Gasteiger partial charge is 0.465 e. The van der Waals surface area contributed by atoms with E-state index in [1.165, 1.54) is 30.2 Å². The zero-order valence-corrected chi connectivity index (χ0v) is 21.4. The molecule has 0 unspecified atom stereocenters. The van der Waals surface area contributed by atoms with E-state index in [2.05, 4.69) is 10.3 Å². The molecule has 2 amide bonds. The maximum Gasteiger partial charge on any atom is 0.341 e. The number of fused-ring (bicyclic) bond motifs is 1. The van der Waals surface area contributed by atoms with Crippen molar-refractivity contribution in [2.24, 2.45) is 10.7 Å². The lowest BCUT2D eigenvalue weighted by Crippen LogP contribution is -2.33. The number of amides is 2. The van der Waals surface area contributed by atoms with Gasteiger partial charge in [0.05, 0.1) is 18.2 Å². The second kappa shape index (κ2) is 10.9. The van der Waals surface area contributed by atoms with Crippen LogP contribution < -0.4 is 11.1 Å². The molecule has 2 aliphatic heterocycles. The molecule has 8 nitrogen and oxygen atoms in total. The van der Waals surface area contributed by atoms with Crippen molar-refractivity contribution in [3.63, 3.8) is 0 Å². The van der Waals surface area contributed by atoms with Crippen LogP contribution in [0.4, 0.5) is 5.00 Å². The molecule has 184 valence electrons. The highest BCUT2D eigenvalue weighted by molar-refractivity contribution is 8.16. The van der Waals surface area contributed by atoms with E-state index in [9.17, 15) is 14.4 Å². The summed E-state index contributed by atoms with van der Waals surface area (Å²) < 4.78 is 5.05. The number of methoxy groups -OCH3 is 1. The fourth-order valence-electron chi connectivity index (χ4n) is 4.63. The number of carbonyl (C=O) groups excluding carboxylic acids is 3. The van der Waals surface area contributed by atoms with Crippen LogP contribution in [0.1, 0.15) is 66.2 Å². The van der Waals surface area contributed by atoms with Crippen molar-refractivity contribution < 1.29 is 19.1 Å². The number of hydrogen-bond donors (Lipinski definition) is 2. The first kappa shape index (κ1) is 24.8. The van der Waals surface area contributed by atoms with Gasteiger partial charge in [-0.15, -0.1) is 11.3 Å². The van der Waals surface area contributed by atoms with Crippen LogP contribution in [0.3, 0.4) is 0 Å². The number of carbonyl (C=O) groups is 3. The molecule has 0 aromatic carbocycles. The van der Waals surface area contributed by atoms with Crippen molar-refractivity contribution >= 4 is 50.9 Å². The Hall–Kier alpha value is -2.33. The number of nitrogens with zero attached hydrogens (tertiary/aromatic N) is 2. The van der Waals surface area contributed by atoms with Gasteiger partial charge in [-0.1, -0.05) is 25.1 Å². The van der Waals surface area contributed by atoms with Gasteiger partial charge in [-0.05, 0) is 50.5 Å². The third kappa shape index (κ3) is 4.88. The van der Waals surface area contributed by atoms with Crippen LogP contribution >= 0.6 is 23.1 Å². The average Bonchev–Trinajstić information content (AvgIpc) is 3.51. The van der Waals surface area contributed by atoms with Gasteiger partial charge in [0.15, 0.2) is 0 Å². The van der Waals surface area contributed by atoms with Gasteiger partial charge in [-0.2, -0.15) is 0 Å². The van der Waals surface area contributed by atoms with E-state index in [1.807, 2.05) is 6.92 Å². The summed E-state index contributed by atoms with van der Waals surface area (Å²) >= 11 is 2.66. The minimum atomic E-state index is -0.774. The zero-order chi connectivity index (χ0) is 24.2. The number of anilines is 1. The Bertz CT molecular complexity index is 1040. The summed E-state index contributed by atoms with van der Waals surface area (Å²) in [7, 11) is 1.36. The third-order valence-electron chi connectivity index (χ3n) is 6.39. The summed E-state index contributed by atoms with van der Waals surface area (Å²) in [5.41, 5.74) is 8.48. The molecule has 3 aliphatic rings. The molecule has 1 fully saturated rings. The van der Waals surface area contributed by atoms with Crippen molar-refractivity contribution in [2.75, 3.05) is 32.1 Å². The van der Waals surface area contributed by atoms with Crippen LogP contribution in [-0.4, -0.2) is 59.7 Å². The number of aryl methyl sites for hydroxylation is 1. The summed E-state index contributed by atoms with van der Waals surface area (Å²) in [6, 6.07) is 0. The van der Waals surface area contributed by atoms with Crippen LogP contribution in [0.5, 0.6) is 0 Å². The molecule has 0 radical (unpaired) electrons. The number of hydrogen-bond acceptors (Lipinski definition) is 8. The number of nitrogens with one attached hydrogen (secondary N) is 1. The van der Waals surface area contributed by atoms with Gasteiger partial charge in [-0.3, -0.25) is 14.6 Å². The topological polar surface area (TPSA) is 114 Å². The Balaban J connectivity index is 1.63. The number of esters is 1. The fourth-order valence-corrected chi connectivity index (χ4v) is 7.04. The Kier molecular flexibility index (Phi) is 7.98. The lowest BCUT2D eigenvalue weighted by Gasteiger charge is -2.16. The molecule has 1 saturated heterocycles. The highest BCUT2D eigenvalue weighted by Gasteiger charge is 2.40. The predicted molar refractivity (Wildman–Crippen MR) is 137 cm³/mol. The van der Waals surface area contributed by atoms with Crippen molar-refractivity contribution in [3.8, 4) is 0 Å². The number of likely N-dealkylation sites (tertiary alicyclic amines) is 1. The van der Waals surface area contributed by atoms with E-state index in [0.29, 0.717) is 40.8 Å². The molecule has 34 heavy (non-hydrogen) atoms. The van der Waals surface area contributed by atoms with E-state index in [1.54, 1.807) is 4.90 Å².